The van der Waals surface area contributed by atoms with E-state index in [1.807, 2.05) is 19.1 Å². The number of aromatic nitrogens is 3. The molecule has 2 heterocycles. The molecule has 6 heteroatoms. The molecule has 0 saturated heterocycles. The van der Waals surface area contributed by atoms with Crippen LogP contribution in [0.4, 0.5) is 5.82 Å². The third kappa shape index (κ3) is 5.50. The Morgan fingerprint density at radius 3 is 2.17 bits per heavy atom. The molecule has 0 unspecified atom stereocenters. The fraction of sp³-hybridized carbons (Fsp3) is 0.435. The van der Waals surface area contributed by atoms with Crippen LogP contribution >= 0.6 is 0 Å². The first-order chi connectivity index (χ1) is 12.5. The molecular weight excluding hydrogens is 346 g/mol. The van der Waals surface area contributed by atoms with Gasteiger partial charge in [0.15, 0.2) is 0 Å². The molecule has 0 fully saturated rings. The molecule has 0 bridgehead atoms. The van der Waals surface area contributed by atoms with E-state index in [9.17, 15) is 0 Å². The van der Waals surface area contributed by atoms with Gasteiger partial charge in [-0.1, -0.05) is 32.9 Å². The Kier molecular flexibility index (Phi) is 11.4. The molecule has 0 radical (unpaired) electrons. The summed E-state index contributed by atoms with van der Waals surface area (Å²) in [5, 5.41) is 1.17. The van der Waals surface area contributed by atoms with Crippen LogP contribution in [0, 0.1) is 41.2 Å². The minimum absolute atomic E-state index is 0. The van der Waals surface area contributed by atoms with Crippen molar-refractivity contribution >= 4 is 16.9 Å². The van der Waals surface area contributed by atoms with E-state index in [-0.39, 0.29) is 46.6 Å². The third-order valence-corrected chi connectivity index (χ3v) is 4.98. The largest absolute Gasteiger partial charge is 1.00 e. The van der Waals surface area contributed by atoms with E-state index >= 15 is 0 Å². The first kappa shape index (κ1) is 27.8. The Morgan fingerprint density at radius 2 is 1.62 bits per heavy atom. The molecule has 0 N–H and O–H groups in total. The summed E-state index contributed by atoms with van der Waals surface area (Å²) >= 11 is 0. The zero-order valence-corrected chi connectivity index (χ0v) is 19.8. The van der Waals surface area contributed by atoms with E-state index in [1.165, 1.54) is 40.6 Å². The monoisotopic (exact) mass is 379 g/mol. The van der Waals surface area contributed by atoms with Crippen molar-refractivity contribution in [1.82, 2.24) is 14.5 Å². The molecular formula is C23H33Li2N4-. The number of anilines is 1. The molecule has 2 aromatic heterocycles. The summed E-state index contributed by atoms with van der Waals surface area (Å²) < 4.78 is 2.23. The predicted molar refractivity (Wildman–Crippen MR) is 117 cm³/mol. The summed E-state index contributed by atoms with van der Waals surface area (Å²) in [6.07, 6.45) is 4.55. The van der Waals surface area contributed by atoms with E-state index in [0.717, 1.165) is 30.4 Å². The van der Waals surface area contributed by atoms with Crippen molar-refractivity contribution in [3.63, 3.8) is 0 Å². The minimum atomic E-state index is 0. The minimum Gasteiger partial charge on any atom is -1.00 e. The van der Waals surface area contributed by atoms with Crippen molar-refractivity contribution < 1.29 is 39.1 Å². The Labute approximate surface area is 202 Å². The van der Waals surface area contributed by atoms with E-state index in [0.29, 0.717) is 0 Å². The number of fused-ring (bicyclic) bond motifs is 1. The van der Waals surface area contributed by atoms with Gasteiger partial charge in [0.1, 0.15) is 17.3 Å². The zero-order valence-electron chi connectivity index (χ0n) is 20.8. The van der Waals surface area contributed by atoms with Crippen LogP contribution in [0.1, 0.15) is 50.6 Å². The van der Waals surface area contributed by atoms with Gasteiger partial charge in [-0.2, -0.15) is 18.2 Å². The predicted octanol–water partition coefficient (Wildman–Crippen LogP) is -0.348. The Bertz CT molecular complexity index is 920. The van der Waals surface area contributed by atoms with E-state index < -0.39 is 0 Å². The van der Waals surface area contributed by atoms with Crippen molar-refractivity contribution in [2.75, 3.05) is 18.0 Å². The Hall–Kier alpha value is -1.17. The van der Waals surface area contributed by atoms with Crippen molar-refractivity contribution in [1.29, 1.82) is 0 Å². The topological polar surface area (TPSA) is 34.0 Å². The Morgan fingerprint density at radius 1 is 1.00 bits per heavy atom. The van der Waals surface area contributed by atoms with Gasteiger partial charge in [-0.3, -0.25) is 0 Å². The van der Waals surface area contributed by atoms with Gasteiger partial charge in [-0.25, -0.2) is 9.97 Å². The maximum atomic E-state index is 4.83. The molecule has 0 aliphatic carbocycles. The molecule has 0 spiro atoms. The second-order valence-corrected chi connectivity index (χ2v) is 7.08. The summed E-state index contributed by atoms with van der Waals surface area (Å²) in [5.41, 5.74) is 5.83. The average molecular weight is 379 g/mol. The summed E-state index contributed by atoms with van der Waals surface area (Å²) in [6.45, 7) is 14.8. The van der Waals surface area contributed by atoms with Gasteiger partial charge in [0, 0.05) is 19.3 Å². The van der Waals surface area contributed by atoms with Gasteiger partial charge >= 0.3 is 37.7 Å². The molecule has 0 aliphatic rings. The second-order valence-electron chi connectivity index (χ2n) is 7.08. The van der Waals surface area contributed by atoms with Crippen LogP contribution in [0.5, 0.6) is 0 Å². The van der Waals surface area contributed by atoms with Gasteiger partial charge in [0.05, 0.1) is 5.39 Å². The first-order valence-electron chi connectivity index (χ1n) is 9.56. The molecule has 0 saturated carbocycles. The van der Waals surface area contributed by atoms with Gasteiger partial charge < -0.3 is 18.3 Å². The van der Waals surface area contributed by atoms with Crippen LogP contribution in [0.3, 0.4) is 0 Å². The fourth-order valence-electron chi connectivity index (χ4n) is 3.67. The summed E-state index contributed by atoms with van der Waals surface area (Å²) in [7, 11) is 0. The van der Waals surface area contributed by atoms with Gasteiger partial charge in [0.2, 0.25) is 0 Å². The third-order valence-electron chi connectivity index (χ3n) is 4.98. The van der Waals surface area contributed by atoms with Crippen molar-refractivity contribution in [3.05, 3.63) is 54.3 Å². The molecule has 0 atom stereocenters. The normalized spacial score (nSPS) is 10.1. The molecule has 3 aromatic rings. The SMILES string of the molecule is CCCCN(CC)c1nc(C)nc2c1c(C)cn2-c1c(C)c[c-]cc1C.[CH3-].[H-].[Li+].[Li+]. The van der Waals surface area contributed by atoms with Gasteiger partial charge in [-0.05, 0) is 32.8 Å². The number of aryl methyl sites for hydroxylation is 4. The molecule has 0 aliphatic heterocycles. The Balaban J connectivity index is 0. The number of hydrogen-bond acceptors (Lipinski definition) is 3. The molecule has 29 heavy (non-hydrogen) atoms. The standard InChI is InChI=1S/C22H29N4.CH3.2Li.H/c1-7-9-13-25(8-2)21-19-17(5)14-26(22(19)24-18(6)23-21)20-15(3)11-10-12-16(20)4;;;;/h11-12,14H,7-9,13H2,1-6H3;1H3;;;/q2*-1;2*+1;-1. The number of unbranched alkanes of at least 4 members (excludes halogenated alkanes) is 1. The molecule has 148 valence electrons. The van der Waals surface area contributed by atoms with Gasteiger partial charge in [0.25, 0.3) is 0 Å². The van der Waals surface area contributed by atoms with Crippen LogP contribution in [0.15, 0.2) is 18.3 Å². The van der Waals surface area contributed by atoms with Crippen molar-refractivity contribution in [3.8, 4) is 5.69 Å². The second kappa shape index (κ2) is 11.9. The van der Waals surface area contributed by atoms with Gasteiger partial charge in [-0.15, -0.1) is 11.1 Å². The molecule has 4 nitrogen and oxygen atoms in total. The quantitative estimate of drug-likeness (QED) is 0.434. The van der Waals surface area contributed by atoms with E-state index in [1.54, 1.807) is 0 Å². The van der Waals surface area contributed by atoms with Crippen LogP contribution in [-0.4, -0.2) is 27.6 Å². The van der Waals surface area contributed by atoms with E-state index in [4.69, 9.17) is 9.97 Å². The smallest absolute Gasteiger partial charge is 1.00 e. The van der Waals surface area contributed by atoms with Crippen LogP contribution in [-0.2, 0) is 0 Å². The van der Waals surface area contributed by atoms with E-state index in [2.05, 4.69) is 56.3 Å². The first-order valence-corrected chi connectivity index (χ1v) is 9.56. The molecule has 0 amide bonds. The maximum absolute atomic E-state index is 4.83. The fourth-order valence-corrected chi connectivity index (χ4v) is 3.67. The molecule has 3 rings (SSSR count). The average Bonchev–Trinajstić information content (AvgIpc) is 2.91. The number of benzene rings is 1. The summed E-state index contributed by atoms with van der Waals surface area (Å²) in [5.74, 6) is 1.89. The van der Waals surface area contributed by atoms with Crippen LogP contribution in [0.25, 0.3) is 16.7 Å². The summed E-state index contributed by atoms with van der Waals surface area (Å²) in [4.78, 5) is 12.0. The summed E-state index contributed by atoms with van der Waals surface area (Å²) in [6, 6.07) is 7.29. The maximum Gasteiger partial charge on any atom is 1.00 e. The zero-order chi connectivity index (χ0) is 18.8. The van der Waals surface area contributed by atoms with Crippen molar-refractivity contribution in [2.24, 2.45) is 0 Å². The van der Waals surface area contributed by atoms with Crippen LogP contribution < -0.4 is 42.6 Å². The van der Waals surface area contributed by atoms with Crippen LogP contribution in [0.2, 0.25) is 0 Å². The molecule has 1 aromatic carbocycles. The number of hydrogen-bond donors (Lipinski definition) is 0. The number of nitrogens with zero attached hydrogens (tertiary/aromatic N) is 4. The van der Waals surface area contributed by atoms with Crippen molar-refractivity contribution in [2.45, 2.75) is 54.4 Å². The number of rotatable bonds is 6.